The molecule has 1 aromatic heterocycles. The average Bonchev–Trinajstić information content (AvgIpc) is 3.62. The molecule has 2 saturated carbocycles. The van der Waals surface area contributed by atoms with Crippen LogP contribution in [0.4, 0.5) is 23.5 Å². The summed E-state index contributed by atoms with van der Waals surface area (Å²) >= 11 is 0. The van der Waals surface area contributed by atoms with Gasteiger partial charge in [0.2, 0.25) is 17.8 Å². The number of amides is 1. The highest BCUT2D eigenvalue weighted by molar-refractivity contribution is 5.94. The Balaban J connectivity index is 1.05. The van der Waals surface area contributed by atoms with Gasteiger partial charge in [-0.25, -0.2) is 0 Å². The molecule has 3 atom stereocenters. The summed E-state index contributed by atoms with van der Waals surface area (Å²) in [5.74, 6) is 3.66. The first-order chi connectivity index (χ1) is 20.2. The van der Waals surface area contributed by atoms with Gasteiger partial charge in [0.05, 0.1) is 33.5 Å². The fourth-order valence-electron chi connectivity index (χ4n) is 5.48. The molecule has 0 radical (unpaired) electrons. The molecule has 5 rings (SSSR count). The number of hydrogen-bond donors (Lipinski definition) is 4. The molecule has 3 aromatic rings. The first-order valence-electron chi connectivity index (χ1n) is 14.3. The Morgan fingerprint density at radius 3 is 2.39 bits per heavy atom. The van der Waals surface area contributed by atoms with Crippen LogP contribution < -0.4 is 26.0 Å². The minimum absolute atomic E-state index is 0.106. The lowest BCUT2D eigenvalue weighted by Gasteiger charge is -2.23. The van der Waals surface area contributed by atoms with Gasteiger partial charge in [-0.05, 0) is 55.4 Å². The molecule has 11 heteroatoms. The molecule has 3 unspecified atom stereocenters. The third kappa shape index (κ3) is 8.51. The van der Waals surface area contributed by atoms with Crippen molar-refractivity contribution in [3.63, 3.8) is 0 Å². The monoisotopic (exact) mass is 561 g/mol. The second-order valence-corrected chi connectivity index (χ2v) is 10.4. The fraction of sp³-hybridized carbons (Fsp3) is 0.467. The number of anilines is 4. The minimum atomic E-state index is -0.106. The Morgan fingerprint density at radius 1 is 0.854 bits per heavy atom. The molecule has 0 aliphatic heterocycles. The SMILES string of the molecule is COc1cccc(Nc2nc(NCCOCCOCCNC(=O)c3ccccc3)nc(NC3CC4CCC3C4)n2)c1. The molecule has 2 bridgehead atoms. The normalized spacial score (nSPS) is 19.1. The zero-order chi connectivity index (χ0) is 28.3. The molecule has 2 aliphatic rings. The van der Waals surface area contributed by atoms with Gasteiger partial charge in [-0.3, -0.25) is 4.79 Å². The van der Waals surface area contributed by atoms with Crippen LogP contribution in [0.25, 0.3) is 0 Å². The number of rotatable bonds is 16. The topological polar surface area (TPSA) is 132 Å². The van der Waals surface area contributed by atoms with Gasteiger partial charge in [0.25, 0.3) is 5.91 Å². The van der Waals surface area contributed by atoms with E-state index in [9.17, 15) is 4.79 Å². The lowest BCUT2D eigenvalue weighted by atomic mass is 9.95. The lowest BCUT2D eigenvalue weighted by Crippen LogP contribution is -2.27. The first kappa shape index (κ1) is 28.6. The van der Waals surface area contributed by atoms with Gasteiger partial charge in [0.1, 0.15) is 5.75 Å². The van der Waals surface area contributed by atoms with E-state index >= 15 is 0 Å². The lowest BCUT2D eigenvalue weighted by molar-refractivity contribution is 0.0519. The summed E-state index contributed by atoms with van der Waals surface area (Å²) in [5, 5.41) is 12.9. The van der Waals surface area contributed by atoms with Crippen molar-refractivity contribution < 1.29 is 19.0 Å². The Labute approximate surface area is 240 Å². The summed E-state index contributed by atoms with van der Waals surface area (Å²) in [7, 11) is 1.64. The summed E-state index contributed by atoms with van der Waals surface area (Å²) in [5.41, 5.74) is 1.47. The summed E-state index contributed by atoms with van der Waals surface area (Å²) < 4.78 is 16.6. The van der Waals surface area contributed by atoms with Crippen molar-refractivity contribution in [3.8, 4) is 5.75 Å². The van der Waals surface area contributed by atoms with E-state index in [1.54, 1.807) is 19.2 Å². The smallest absolute Gasteiger partial charge is 0.251 e. The maximum atomic E-state index is 12.0. The number of nitrogens with zero attached hydrogens (tertiary/aromatic N) is 3. The Bertz CT molecular complexity index is 1260. The van der Waals surface area contributed by atoms with Gasteiger partial charge >= 0.3 is 0 Å². The van der Waals surface area contributed by atoms with Gasteiger partial charge in [0.15, 0.2) is 0 Å². The van der Waals surface area contributed by atoms with E-state index in [0.29, 0.717) is 74.9 Å². The van der Waals surface area contributed by atoms with Crippen LogP contribution >= 0.6 is 0 Å². The number of carbonyl (C=O) groups is 1. The molecule has 2 aliphatic carbocycles. The van der Waals surface area contributed by atoms with Crippen LogP contribution in [-0.2, 0) is 9.47 Å². The van der Waals surface area contributed by atoms with Crippen LogP contribution in [0.1, 0.15) is 36.0 Å². The van der Waals surface area contributed by atoms with Crippen LogP contribution in [0.2, 0.25) is 0 Å². The van der Waals surface area contributed by atoms with Crippen molar-refractivity contribution in [3.05, 3.63) is 60.2 Å². The third-order valence-corrected chi connectivity index (χ3v) is 7.48. The summed E-state index contributed by atoms with van der Waals surface area (Å²) in [6, 6.07) is 17.2. The molecule has 41 heavy (non-hydrogen) atoms. The van der Waals surface area contributed by atoms with E-state index < -0.39 is 0 Å². The molecule has 1 amide bonds. The maximum absolute atomic E-state index is 12.0. The number of nitrogens with one attached hydrogen (secondary N) is 4. The molecule has 4 N–H and O–H groups in total. The van der Waals surface area contributed by atoms with Crippen molar-refractivity contribution in [2.75, 3.05) is 62.6 Å². The van der Waals surface area contributed by atoms with Crippen LogP contribution in [0.3, 0.4) is 0 Å². The van der Waals surface area contributed by atoms with Crippen LogP contribution in [0.15, 0.2) is 54.6 Å². The molecule has 11 nitrogen and oxygen atoms in total. The number of carbonyl (C=O) groups excluding carboxylic acids is 1. The Hall–Kier alpha value is -3.96. The summed E-state index contributed by atoms with van der Waals surface area (Å²) in [6.07, 6.45) is 5.08. The second kappa shape index (κ2) is 14.6. The highest BCUT2D eigenvalue weighted by atomic mass is 16.5. The number of hydrogen-bond acceptors (Lipinski definition) is 10. The van der Waals surface area contributed by atoms with Crippen molar-refractivity contribution >= 4 is 29.4 Å². The predicted molar refractivity (Wildman–Crippen MR) is 158 cm³/mol. The zero-order valence-electron chi connectivity index (χ0n) is 23.5. The highest BCUT2D eigenvalue weighted by Gasteiger charge is 2.39. The maximum Gasteiger partial charge on any atom is 0.251 e. The van der Waals surface area contributed by atoms with Crippen LogP contribution in [-0.4, -0.2) is 73.5 Å². The quantitative estimate of drug-likeness (QED) is 0.190. The van der Waals surface area contributed by atoms with Gasteiger partial charge in [-0.1, -0.05) is 30.7 Å². The van der Waals surface area contributed by atoms with Gasteiger partial charge in [0, 0.05) is 36.4 Å². The highest BCUT2D eigenvalue weighted by Crippen LogP contribution is 2.45. The average molecular weight is 562 g/mol. The number of methoxy groups -OCH3 is 1. The standard InChI is InChI=1S/C30H39N7O4/c1-39-25-9-5-8-24(20-25)33-29-35-28(36-30(37-29)34-26-19-21-10-11-23(26)18-21)32-13-15-41-17-16-40-14-12-31-27(38)22-6-3-2-4-7-22/h2-9,20-21,23,26H,10-19H2,1H3,(H,31,38)(H3,32,33,34,35,36,37). The van der Waals surface area contributed by atoms with Crippen LogP contribution in [0.5, 0.6) is 5.75 Å². The largest absolute Gasteiger partial charge is 0.497 e. The first-order valence-corrected chi connectivity index (χ1v) is 14.3. The molecule has 1 heterocycles. The van der Waals surface area contributed by atoms with E-state index in [0.717, 1.165) is 17.4 Å². The van der Waals surface area contributed by atoms with E-state index in [4.69, 9.17) is 14.2 Å². The zero-order valence-corrected chi connectivity index (χ0v) is 23.5. The summed E-state index contributed by atoms with van der Waals surface area (Å²) in [4.78, 5) is 25.9. The fourth-order valence-corrected chi connectivity index (χ4v) is 5.48. The molecule has 2 aromatic carbocycles. The van der Waals surface area contributed by atoms with Gasteiger partial charge in [-0.15, -0.1) is 0 Å². The van der Waals surface area contributed by atoms with Crippen molar-refractivity contribution in [2.24, 2.45) is 11.8 Å². The number of benzene rings is 2. The molecule has 2 fully saturated rings. The molecular weight excluding hydrogens is 522 g/mol. The predicted octanol–water partition coefficient (Wildman–Crippen LogP) is 4.10. The number of fused-ring (bicyclic) bond motifs is 2. The van der Waals surface area contributed by atoms with Crippen molar-refractivity contribution in [1.29, 1.82) is 0 Å². The van der Waals surface area contributed by atoms with E-state index in [2.05, 4.69) is 36.2 Å². The van der Waals surface area contributed by atoms with E-state index in [-0.39, 0.29) is 5.91 Å². The van der Waals surface area contributed by atoms with Crippen molar-refractivity contribution in [1.82, 2.24) is 20.3 Å². The number of ether oxygens (including phenoxy) is 3. The third-order valence-electron chi connectivity index (χ3n) is 7.48. The second-order valence-electron chi connectivity index (χ2n) is 10.4. The van der Waals surface area contributed by atoms with Gasteiger partial charge < -0.3 is 35.5 Å². The van der Waals surface area contributed by atoms with E-state index in [1.807, 2.05) is 42.5 Å². The van der Waals surface area contributed by atoms with Crippen LogP contribution in [0, 0.1) is 11.8 Å². The van der Waals surface area contributed by atoms with Gasteiger partial charge in [-0.2, -0.15) is 15.0 Å². The number of aromatic nitrogens is 3. The molecule has 0 spiro atoms. The molecular formula is C30H39N7O4. The van der Waals surface area contributed by atoms with E-state index in [1.165, 1.54) is 25.7 Å². The van der Waals surface area contributed by atoms with Crippen molar-refractivity contribution in [2.45, 2.75) is 31.7 Å². The summed E-state index contributed by atoms with van der Waals surface area (Å²) in [6.45, 7) is 2.76. The minimum Gasteiger partial charge on any atom is -0.497 e. The molecule has 0 saturated heterocycles. The Kier molecular flexibility index (Phi) is 10.2. The molecule has 218 valence electrons. The Morgan fingerprint density at radius 2 is 1.63 bits per heavy atom.